The molecule has 0 atom stereocenters. The largest absolute Gasteiger partial charge is 0.455 e. The summed E-state index contributed by atoms with van der Waals surface area (Å²) in [7, 11) is 0. The molecule has 3 rings (SSSR count). The lowest BCUT2D eigenvalue weighted by molar-refractivity contribution is -0.150. The lowest BCUT2D eigenvalue weighted by atomic mass is 9.77. The molecule has 1 aliphatic carbocycles. The maximum Gasteiger partial charge on any atom is 0.344 e. The van der Waals surface area contributed by atoms with E-state index in [9.17, 15) is 19.2 Å². The Morgan fingerprint density at radius 2 is 2.11 bits per heavy atom. The lowest BCUT2D eigenvalue weighted by Crippen LogP contribution is -2.52. The molecule has 27 heavy (non-hydrogen) atoms. The third-order valence-electron chi connectivity index (χ3n) is 5.05. The van der Waals surface area contributed by atoms with E-state index in [4.69, 9.17) is 4.74 Å². The first kappa shape index (κ1) is 19.3. The third kappa shape index (κ3) is 4.47. The number of hydrazine groups is 1. The van der Waals surface area contributed by atoms with Crippen molar-refractivity contribution in [2.45, 2.75) is 51.0 Å². The number of imide groups is 1. The molecule has 1 saturated heterocycles. The van der Waals surface area contributed by atoms with E-state index in [1.165, 1.54) is 0 Å². The van der Waals surface area contributed by atoms with Crippen molar-refractivity contribution in [3.05, 3.63) is 22.4 Å². The molecule has 1 aliphatic heterocycles. The van der Waals surface area contributed by atoms with Crippen LogP contribution in [-0.2, 0) is 25.5 Å². The fourth-order valence-electron chi connectivity index (χ4n) is 3.37. The summed E-state index contributed by atoms with van der Waals surface area (Å²) in [4.78, 5) is 49.5. The van der Waals surface area contributed by atoms with Crippen LogP contribution in [0.4, 0.5) is 4.79 Å². The number of urea groups is 1. The van der Waals surface area contributed by atoms with Gasteiger partial charge in [0.25, 0.3) is 11.8 Å². The zero-order valence-corrected chi connectivity index (χ0v) is 16.0. The van der Waals surface area contributed by atoms with E-state index in [1.54, 1.807) is 11.3 Å². The van der Waals surface area contributed by atoms with E-state index in [2.05, 4.69) is 17.7 Å². The first-order valence-electron chi connectivity index (χ1n) is 9.04. The van der Waals surface area contributed by atoms with E-state index in [0.717, 1.165) is 17.7 Å². The average Bonchev–Trinajstić information content (AvgIpc) is 3.24. The Hall–Kier alpha value is -2.42. The zero-order valence-electron chi connectivity index (χ0n) is 15.2. The molecule has 1 aromatic rings. The molecule has 2 aliphatic rings. The normalized spacial score (nSPS) is 24.8. The van der Waals surface area contributed by atoms with Gasteiger partial charge in [-0.1, -0.05) is 13.0 Å². The summed E-state index contributed by atoms with van der Waals surface area (Å²) in [6.07, 6.45) is 3.52. The van der Waals surface area contributed by atoms with Crippen molar-refractivity contribution < 1.29 is 23.9 Å². The number of hydrogen-bond donors (Lipinski definition) is 2. The molecule has 4 amide bonds. The van der Waals surface area contributed by atoms with Crippen molar-refractivity contribution in [3.63, 3.8) is 0 Å². The number of hydrogen-bond acceptors (Lipinski definition) is 6. The van der Waals surface area contributed by atoms with E-state index in [0.29, 0.717) is 30.2 Å². The van der Waals surface area contributed by atoms with Crippen LogP contribution in [-0.4, -0.2) is 41.0 Å². The van der Waals surface area contributed by atoms with Crippen LogP contribution in [0, 0.1) is 5.92 Å². The Bertz CT molecular complexity index is 725. The Balaban J connectivity index is 1.45. The number of rotatable bonds is 6. The number of aryl methyl sites for hydroxylation is 1. The number of nitrogens with one attached hydrogen (secondary N) is 2. The summed E-state index contributed by atoms with van der Waals surface area (Å²) in [6, 6.07) is 3.17. The van der Waals surface area contributed by atoms with Gasteiger partial charge in [0.2, 0.25) is 0 Å². The van der Waals surface area contributed by atoms with Crippen LogP contribution in [0.2, 0.25) is 0 Å². The third-order valence-corrected chi connectivity index (χ3v) is 5.98. The molecule has 1 aromatic heterocycles. The lowest BCUT2D eigenvalue weighted by Gasteiger charge is -2.33. The molecule has 0 bridgehead atoms. The fraction of sp³-hybridized carbons (Fsp3) is 0.556. The summed E-state index contributed by atoms with van der Waals surface area (Å²) < 4.78 is 4.92. The molecule has 2 N–H and O–H groups in total. The zero-order chi connectivity index (χ0) is 19.4. The Morgan fingerprint density at radius 1 is 1.37 bits per heavy atom. The Kier molecular flexibility index (Phi) is 5.79. The van der Waals surface area contributed by atoms with Gasteiger partial charge < -0.3 is 10.1 Å². The van der Waals surface area contributed by atoms with Gasteiger partial charge in [-0.15, -0.1) is 11.3 Å². The monoisotopic (exact) mass is 393 g/mol. The van der Waals surface area contributed by atoms with Crippen molar-refractivity contribution in [1.82, 2.24) is 15.8 Å². The first-order chi connectivity index (χ1) is 12.9. The van der Waals surface area contributed by atoms with Gasteiger partial charge in [0.1, 0.15) is 5.54 Å². The van der Waals surface area contributed by atoms with Crippen LogP contribution in [0.3, 0.4) is 0 Å². The van der Waals surface area contributed by atoms with Gasteiger partial charge in [0.05, 0.1) is 6.42 Å². The summed E-state index contributed by atoms with van der Waals surface area (Å²) in [5, 5.41) is 5.34. The van der Waals surface area contributed by atoms with Crippen molar-refractivity contribution in [3.8, 4) is 0 Å². The number of nitrogens with zero attached hydrogens (tertiary/aromatic N) is 1. The standard InChI is InChI=1S/C18H23N3O5S/c1-12-6-8-18(9-7-12)16(24)21(17(25)19-18)20-14(22)11-26-15(23)5-4-13-3-2-10-27-13/h2-3,10,12H,4-9,11H2,1H3,(H,19,25)(H,20,22). The van der Waals surface area contributed by atoms with Gasteiger partial charge >= 0.3 is 12.0 Å². The van der Waals surface area contributed by atoms with E-state index < -0.39 is 36.0 Å². The summed E-state index contributed by atoms with van der Waals surface area (Å²) >= 11 is 1.55. The van der Waals surface area contributed by atoms with Gasteiger partial charge in [0, 0.05) is 4.88 Å². The number of thiophene rings is 1. The summed E-state index contributed by atoms with van der Waals surface area (Å²) in [5.41, 5.74) is 1.32. The topological polar surface area (TPSA) is 105 Å². The molecular weight excluding hydrogens is 370 g/mol. The maximum atomic E-state index is 12.6. The van der Waals surface area contributed by atoms with Gasteiger partial charge in [-0.3, -0.25) is 19.8 Å². The molecule has 0 aromatic carbocycles. The predicted octanol–water partition coefficient (Wildman–Crippen LogP) is 1.76. The average molecular weight is 393 g/mol. The van der Waals surface area contributed by atoms with Crippen LogP contribution in [0.15, 0.2) is 17.5 Å². The molecule has 1 saturated carbocycles. The van der Waals surface area contributed by atoms with Gasteiger partial charge in [-0.25, -0.2) is 4.79 Å². The first-order valence-corrected chi connectivity index (χ1v) is 9.92. The molecule has 9 heteroatoms. The number of esters is 1. The smallest absolute Gasteiger partial charge is 0.344 e. The minimum absolute atomic E-state index is 0.165. The predicted molar refractivity (Wildman–Crippen MR) is 97.5 cm³/mol. The second-order valence-corrected chi connectivity index (χ2v) is 8.14. The highest BCUT2D eigenvalue weighted by Crippen LogP contribution is 2.35. The highest BCUT2D eigenvalue weighted by molar-refractivity contribution is 7.09. The molecule has 8 nitrogen and oxygen atoms in total. The summed E-state index contributed by atoms with van der Waals surface area (Å²) in [5.74, 6) is -1.16. The van der Waals surface area contributed by atoms with Crippen molar-refractivity contribution >= 4 is 35.2 Å². The minimum atomic E-state index is -0.922. The SMILES string of the molecule is CC1CCC2(CC1)NC(=O)N(NC(=O)COC(=O)CCc1cccs1)C2=O. The summed E-state index contributed by atoms with van der Waals surface area (Å²) in [6.45, 7) is 1.57. The van der Waals surface area contributed by atoms with Crippen molar-refractivity contribution in [1.29, 1.82) is 0 Å². The Morgan fingerprint density at radius 3 is 2.78 bits per heavy atom. The molecule has 0 unspecified atom stereocenters. The van der Waals surface area contributed by atoms with Crippen LogP contribution in [0.5, 0.6) is 0 Å². The number of amides is 4. The highest BCUT2D eigenvalue weighted by Gasteiger charge is 2.52. The molecular formula is C18H23N3O5S. The molecule has 0 radical (unpaired) electrons. The Labute approximate surface area is 161 Å². The van der Waals surface area contributed by atoms with E-state index >= 15 is 0 Å². The van der Waals surface area contributed by atoms with Gasteiger partial charge in [-0.2, -0.15) is 5.01 Å². The van der Waals surface area contributed by atoms with E-state index in [-0.39, 0.29) is 6.42 Å². The number of ether oxygens (including phenoxy) is 1. The van der Waals surface area contributed by atoms with Gasteiger partial charge in [-0.05, 0) is 49.5 Å². The minimum Gasteiger partial charge on any atom is -0.455 e. The van der Waals surface area contributed by atoms with Gasteiger partial charge in [0.15, 0.2) is 6.61 Å². The van der Waals surface area contributed by atoms with Crippen LogP contribution in [0.1, 0.15) is 43.9 Å². The van der Waals surface area contributed by atoms with Crippen molar-refractivity contribution in [2.24, 2.45) is 5.92 Å². The van der Waals surface area contributed by atoms with Crippen molar-refractivity contribution in [2.75, 3.05) is 6.61 Å². The van der Waals surface area contributed by atoms with Crippen LogP contribution >= 0.6 is 11.3 Å². The van der Waals surface area contributed by atoms with E-state index in [1.807, 2.05) is 17.5 Å². The van der Waals surface area contributed by atoms with Crippen LogP contribution in [0.25, 0.3) is 0 Å². The molecule has 146 valence electrons. The molecule has 2 fully saturated rings. The molecule has 2 heterocycles. The number of carbonyl (C=O) groups excluding carboxylic acids is 4. The quantitative estimate of drug-likeness (QED) is 0.566. The second kappa shape index (κ2) is 8.08. The second-order valence-electron chi connectivity index (χ2n) is 7.11. The van der Waals surface area contributed by atoms with Crippen LogP contribution < -0.4 is 10.7 Å². The maximum absolute atomic E-state index is 12.6. The number of carbonyl (C=O) groups is 4. The fourth-order valence-corrected chi connectivity index (χ4v) is 4.08. The highest BCUT2D eigenvalue weighted by atomic mass is 32.1. The molecule has 1 spiro atoms.